The summed E-state index contributed by atoms with van der Waals surface area (Å²) in [5.41, 5.74) is 13.0. The third-order valence-electron chi connectivity index (χ3n) is 9.32. The van der Waals surface area contributed by atoms with E-state index in [9.17, 15) is 0 Å². The second-order valence-corrected chi connectivity index (χ2v) is 13.1. The minimum atomic E-state index is 0.416. The van der Waals surface area contributed by atoms with Crippen LogP contribution in [0.1, 0.15) is 35.6 Å². The molecule has 0 saturated heterocycles. The fraction of sp³-hybridized carbons (Fsp3) is 0.0952. The molecule has 0 saturated carbocycles. The molecule has 0 bridgehead atoms. The number of hydrogen-bond donors (Lipinski definition) is 1. The van der Waals surface area contributed by atoms with Gasteiger partial charge in [0.1, 0.15) is 11.3 Å². The summed E-state index contributed by atoms with van der Waals surface area (Å²) >= 11 is 1.91. The Morgan fingerprint density at radius 3 is 2.11 bits per heavy atom. The average molecular weight is 598 g/mol. The highest BCUT2D eigenvalue weighted by atomic mass is 32.2. The van der Waals surface area contributed by atoms with Crippen LogP contribution in [0.5, 0.6) is 0 Å². The molecule has 3 aliphatic rings. The molecule has 0 spiro atoms. The number of hydrogen-bond acceptors (Lipinski definition) is 3. The van der Waals surface area contributed by atoms with Crippen molar-refractivity contribution in [3.63, 3.8) is 0 Å². The van der Waals surface area contributed by atoms with Crippen molar-refractivity contribution in [2.75, 3.05) is 5.32 Å². The van der Waals surface area contributed by atoms with Gasteiger partial charge in [0, 0.05) is 44.3 Å². The molecule has 2 aliphatic carbocycles. The van der Waals surface area contributed by atoms with Gasteiger partial charge in [0.15, 0.2) is 0 Å². The van der Waals surface area contributed by atoms with Crippen LogP contribution in [0.25, 0.3) is 50.4 Å². The molecule has 9 rings (SSSR count). The number of thioether (sulfide) groups is 1. The first kappa shape index (κ1) is 26.4. The van der Waals surface area contributed by atoms with Crippen molar-refractivity contribution in [2.45, 2.75) is 30.1 Å². The van der Waals surface area contributed by atoms with Gasteiger partial charge in [-0.3, -0.25) is 0 Å². The van der Waals surface area contributed by atoms with Gasteiger partial charge in [-0.15, -0.1) is 0 Å². The summed E-state index contributed by atoms with van der Waals surface area (Å²) in [6, 6.07) is 41.7. The van der Waals surface area contributed by atoms with E-state index in [4.69, 9.17) is 4.42 Å². The summed E-state index contributed by atoms with van der Waals surface area (Å²) in [4.78, 5) is 2.77. The average Bonchev–Trinajstić information content (AvgIpc) is 3.68. The summed E-state index contributed by atoms with van der Waals surface area (Å²) in [7, 11) is 0. The molecule has 216 valence electrons. The van der Waals surface area contributed by atoms with E-state index in [2.05, 4.69) is 145 Å². The minimum Gasteiger partial charge on any atom is -0.460 e. The van der Waals surface area contributed by atoms with Crippen LogP contribution in [-0.2, 0) is 6.42 Å². The lowest BCUT2D eigenvalue weighted by atomic mass is 9.91. The Balaban J connectivity index is 1.12. The maximum absolute atomic E-state index is 6.68. The minimum absolute atomic E-state index is 0.416. The number of rotatable bonds is 5. The van der Waals surface area contributed by atoms with Crippen molar-refractivity contribution >= 4 is 34.5 Å². The molecule has 1 unspecified atom stereocenters. The molecule has 6 aromatic rings. The van der Waals surface area contributed by atoms with E-state index in [0.29, 0.717) is 5.92 Å². The Morgan fingerprint density at radius 2 is 1.33 bits per heavy atom. The van der Waals surface area contributed by atoms with Crippen LogP contribution in [0.2, 0.25) is 0 Å². The fourth-order valence-corrected chi connectivity index (χ4v) is 8.35. The second-order valence-electron chi connectivity index (χ2n) is 12.0. The summed E-state index contributed by atoms with van der Waals surface area (Å²) in [5, 5.41) is 5.07. The maximum atomic E-state index is 6.68. The number of fused-ring (bicyclic) bond motifs is 6. The van der Waals surface area contributed by atoms with Gasteiger partial charge in [0.05, 0.1) is 5.69 Å². The highest BCUT2D eigenvalue weighted by molar-refractivity contribution is 8.03. The number of allylic oxidation sites excluding steroid dienone is 4. The lowest BCUT2D eigenvalue weighted by Crippen LogP contribution is -2.08. The van der Waals surface area contributed by atoms with Crippen molar-refractivity contribution in [2.24, 2.45) is 0 Å². The third-order valence-corrected chi connectivity index (χ3v) is 10.6. The number of nitrogens with one attached hydrogen (secondary N) is 1. The van der Waals surface area contributed by atoms with Crippen LogP contribution in [0.15, 0.2) is 153 Å². The highest BCUT2D eigenvalue weighted by Crippen LogP contribution is 2.53. The van der Waals surface area contributed by atoms with Gasteiger partial charge in [-0.05, 0) is 70.5 Å². The van der Waals surface area contributed by atoms with Gasteiger partial charge in [-0.25, -0.2) is 0 Å². The van der Waals surface area contributed by atoms with E-state index >= 15 is 0 Å². The molecule has 1 N–H and O–H groups in total. The normalized spacial score (nSPS) is 16.5. The standard InChI is InChI=1S/C42H31NOS/c1-2-9-27(10-3-1)28-17-19-29(20-18-28)30-21-23-31(24-22-30)40-36(26-25-34-32-11-4-6-15-38(32)44-41(34)40)43-37-14-8-13-35-33-12-5-7-16-39(33)45-42(35)37/h1-5,7-12,14,16-26,35,43H,6,13,15H2. The predicted molar refractivity (Wildman–Crippen MR) is 189 cm³/mol. The first-order chi connectivity index (χ1) is 22.3. The van der Waals surface area contributed by atoms with Crippen molar-refractivity contribution < 1.29 is 4.42 Å². The van der Waals surface area contributed by atoms with Crippen molar-refractivity contribution in [3.05, 3.63) is 161 Å². The Labute approximate surface area is 267 Å². The van der Waals surface area contributed by atoms with Crippen molar-refractivity contribution in [1.29, 1.82) is 0 Å². The van der Waals surface area contributed by atoms with Gasteiger partial charge >= 0.3 is 0 Å². The van der Waals surface area contributed by atoms with Crippen molar-refractivity contribution in [3.8, 4) is 33.4 Å². The smallest absolute Gasteiger partial charge is 0.144 e. The predicted octanol–water partition coefficient (Wildman–Crippen LogP) is 11.9. The largest absolute Gasteiger partial charge is 0.460 e. The van der Waals surface area contributed by atoms with Gasteiger partial charge in [0.2, 0.25) is 0 Å². The molecule has 0 amide bonds. The Hall–Kier alpha value is -4.99. The third kappa shape index (κ3) is 4.58. The molecule has 1 aromatic heterocycles. The van der Waals surface area contributed by atoms with Crippen molar-refractivity contribution in [1.82, 2.24) is 0 Å². The molecule has 3 heteroatoms. The molecule has 2 heterocycles. The SMILES string of the molecule is C1=Cc2c(oc3c(-c4ccc(-c5ccc(-c6ccccc6)cc5)cc4)c(NC4=C5Sc6ccccc6C5CC=C4)ccc23)CC1. The van der Waals surface area contributed by atoms with Crippen LogP contribution in [-0.4, -0.2) is 0 Å². The first-order valence-corrected chi connectivity index (χ1v) is 16.6. The lowest BCUT2D eigenvalue weighted by molar-refractivity contribution is 0.547. The van der Waals surface area contributed by atoms with E-state index in [1.54, 1.807) is 0 Å². The van der Waals surface area contributed by atoms with E-state index in [0.717, 1.165) is 47.4 Å². The van der Waals surface area contributed by atoms with Crippen LogP contribution in [0, 0.1) is 0 Å². The zero-order chi connectivity index (χ0) is 29.7. The quantitative estimate of drug-likeness (QED) is 0.214. The highest BCUT2D eigenvalue weighted by Gasteiger charge is 2.31. The van der Waals surface area contributed by atoms with Crippen LogP contribution < -0.4 is 5.32 Å². The summed E-state index contributed by atoms with van der Waals surface area (Å²) in [6.45, 7) is 0. The van der Waals surface area contributed by atoms with E-state index in [-0.39, 0.29) is 0 Å². The first-order valence-electron chi connectivity index (χ1n) is 15.8. The van der Waals surface area contributed by atoms with Gasteiger partial charge in [-0.2, -0.15) is 0 Å². The second kappa shape index (κ2) is 10.9. The Morgan fingerprint density at radius 1 is 0.644 bits per heavy atom. The molecule has 5 aromatic carbocycles. The lowest BCUT2D eigenvalue weighted by Gasteiger charge is -2.21. The summed E-state index contributed by atoms with van der Waals surface area (Å²) < 4.78 is 6.68. The van der Waals surface area contributed by atoms with E-state index in [1.807, 2.05) is 11.8 Å². The summed E-state index contributed by atoms with van der Waals surface area (Å²) in [6.07, 6.45) is 12.1. The van der Waals surface area contributed by atoms with Crippen LogP contribution in [0.4, 0.5) is 5.69 Å². The van der Waals surface area contributed by atoms with Crippen LogP contribution >= 0.6 is 11.8 Å². The number of furan rings is 1. The zero-order valence-corrected chi connectivity index (χ0v) is 25.6. The topological polar surface area (TPSA) is 25.2 Å². The fourth-order valence-electron chi connectivity index (χ4n) is 7.04. The Kier molecular flexibility index (Phi) is 6.38. The summed E-state index contributed by atoms with van der Waals surface area (Å²) in [5.74, 6) is 1.50. The number of benzene rings is 5. The Bertz CT molecular complexity index is 2170. The molecule has 1 aliphatic heterocycles. The van der Waals surface area contributed by atoms with Gasteiger partial charge < -0.3 is 9.73 Å². The molecule has 0 radical (unpaired) electrons. The molecular formula is C42H31NOS. The zero-order valence-electron chi connectivity index (χ0n) is 24.8. The van der Waals surface area contributed by atoms with E-state index in [1.165, 1.54) is 54.3 Å². The monoisotopic (exact) mass is 597 g/mol. The molecule has 2 nitrogen and oxygen atoms in total. The molecule has 1 atom stereocenters. The molecule has 0 fully saturated rings. The van der Waals surface area contributed by atoms with Gasteiger partial charge in [-0.1, -0.05) is 127 Å². The number of anilines is 1. The maximum Gasteiger partial charge on any atom is 0.144 e. The van der Waals surface area contributed by atoms with Crippen LogP contribution in [0.3, 0.4) is 0 Å². The van der Waals surface area contributed by atoms with E-state index < -0.39 is 0 Å². The number of aryl methyl sites for hydroxylation is 1. The van der Waals surface area contributed by atoms with Gasteiger partial charge in [0.25, 0.3) is 0 Å². The molecular weight excluding hydrogens is 567 g/mol. The molecule has 45 heavy (non-hydrogen) atoms.